The summed E-state index contributed by atoms with van der Waals surface area (Å²) in [6.07, 6.45) is 3.79. The molecule has 1 aromatic rings. The number of unbranched alkanes of at least 4 members (excludes halogenated alkanes) is 2. The van der Waals surface area contributed by atoms with E-state index in [2.05, 4.69) is 9.72 Å². The molecule has 1 rings (SSSR count). The van der Waals surface area contributed by atoms with E-state index in [1.807, 2.05) is 0 Å². The summed E-state index contributed by atoms with van der Waals surface area (Å²) in [5, 5.41) is 0. The fourth-order valence-corrected chi connectivity index (χ4v) is 1.58. The van der Waals surface area contributed by atoms with Crippen molar-refractivity contribution in [3.63, 3.8) is 0 Å². The normalized spacial score (nSPS) is 10.3. The Hall–Kier alpha value is -1.56. The van der Waals surface area contributed by atoms with Crippen LogP contribution in [0.15, 0.2) is 15.8 Å². The standard InChI is InChI=1S/C11H15ClN2O4/c1-8-7-14(11(17)13-9(8)15)5-3-2-4-6-18-10(12)16/h7H,2-6H2,1H3,(H,13,15,17). The second-order valence-corrected chi connectivity index (χ2v) is 4.22. The van der Waals surface area contributed by atoms with Crippen molar-refractivity contribution in [3.05, 3.63) is 32.6 Å². The quantitative estimate of drug-likeness (QED) is 0.628. The number of hydrogen-bond donors (Lipinski definition) is 1. The summed E-state index contributed by atoms with van der Waals surface area (Å²) in [6.45, 7) is 2.45. The van der Waals surface area contributed by atoms with Gasteiger partial charge in [-0.3, -0.25) is 9.78 Å². The molecule has 0 atom stereocenters. The number of carbonyl (C=O) groups is 1. The van der Waals surface area contributed by atoms with Gasteiger partial charge < -0.3 is 9.30 Å². The molecule has 1 N–H and O–H groups in total. The van der Waals surface area contributed by atoms with Crippen molar-refractivity contribution >= 4 is 17.0 Å². The Kier molecular flexibility index (Phi) is 5.64. The number of halogens is 1. The van der Waals surface area contributed by atoms with Crippen molar-refractivity contribution in [3.8, 4) is 0 Å². The van der Waals surface area contributed by atoms with E-state index in [0.717, 1.165) is 12.8 Å². The van der Waals surface area contributed by atoms with Crippen LogP contribution in [0.25, 0.3) is 0 Å². The number of aromatic amines is 1. The number of nitrogens with one attached hydrogen (secondary N) is 1. The largest absolute Gasteiger partial charge is 0.454 e. The molecule has 1 heterocycles. The Morgan fingerprint density at radius 1 is 1.39 bits per heavy atom. The van der Waals surface area contributed by atoms with E-state index in [4.69, 9.17) is 11.6 Å². The maximum Gasteiger partial charge on any atom is 0.403 e. The highest BCUT2D eigenvalue weighted by molar-refractivity contribution is 6.61. The smallest absolute Gasteiger partial charge is 0.403 e. The van der Waals surface area contributed by atoms with Gasteiger partial charge in [0.15, 0.2) is 0 Å². The summed E-state index contributed by atoms with van der Waals surface area (Å²) >= 11 is 5.00. The number of nitrogens with zero attached hydrogens (tertiary/aromatic N) is 1. The third-order valence-corrected chi connectivity index (χ3v) is 2.56. The summed E-state index contributed by atoms with van der Waals surface area (Å²) in [6, 6.07) is 0. The minimum atomic E-state index is -0.803. The van der Waals surface area contributed by atoms with Crippen LogP contribution >= 0.6 is 11.6 Å². The van der Waals surface area contributed by atoms with Gasteiger partial charge in [-0.25, -0.2) is 9.59 Å². The van der Waals surface area contributed by atoms with Crippen LogP contribution in [0.5, 0.6) is 0 Å². The van der Waals surface area contributed by atoms with Crippen LogP contribution in [0, 0.1) is 6.92 Å². The third-order valence-electron chi connectivity index (χ3n) is 2.45. The zero-order valence-corrected chi connectivity index (χ0v) is 10.8. The highest BCUT2D eigenvalue weighted by atomic mass is 35.5. The van der Waals surface area contributed by atoms with Crippen LogP contribution in [-0.4, -0.2) is 21.6 Å². The Bertz CT molecular complexity index is 521. The van der Waals surface area contributed by atoms with Crippen molar-refractivity contribution in [1.82, 2.24) is 9.55 Å². The molecule has 0 saturated heterocycles. The first-order valence-electron chi connectivity index (χ1n) is 5.63. The van der Waals surface area contributed by atoms with Crippen LogP contribution in [0.2, 0.25) is 0 Å². The number of H-pyrrole nitrogens is 1. The SMILES string of the molecule is Cc1cn(CCCCCOC(=O)Cl)c(=O)[nH]c1=O. The van der Waals surface area contributed by atoms with Crippen LogP contribution in [0.4, 0.5) is 4.79 Å². The molecule has 18 heavy (non-hydrogen) atoms. The first-order valence-corrected chi connectivity index (χ1v) is 6.01. The van der Waals surface area contributed by atoms with Gasteiger partial charge in [-0.15, -0.1) is 0 Å². The zero-order chi connectivity index (χ0) is 13.5. The van der Waals surface area contributed by atoms with E-state index >= 15 is 0 Å². The molecule has 6 nitrogen and oxygen atoms in total. The highest BCUT2D eigenvalue weighted by Crippen LogP contribution is 1.99. The summed E-state index contributed by atoms with van der Waals surface area (Å²) in [7, 11) is 0. The molecule has 0 amide bonds. The first-order chi connectivity index (χ1) is 8.50. The van der Waals surface area contributed by atoms with Crippen molar-refractivity contribution in [2.75, 3.05) is 6.61 Å². The van der Waals surface area contributed by atoms with Crippen molar-refractivity contribution in [1.29, 1.82) is 0 Å². The average Bonchev–Trinajstić information content (AvgIpc) is 2.29. The number of carbonyl (C=O) groups excluding carboxylic acids is 1. The molecule has 0 aliphatic carbocycles. The first kappa shape index (κ1) is 14.5. The van der Waals surface area contributed by atoms with Gasteiger partial charge >= 0.3 is 11.1 Å². The molecular weight excluding hydrogens is 260 g/mol. The Morgan fingerprint density at radius 2 is 2.11 bits per heavy atom. The molecular formula is C11H15ClN2O4. The topological polar surface area (TPSA) is 81.2 Å². The lowest BCUT2D eigenvalue weighted by atomic mass is 10.2. The third kappa shape index (κ3) is 4.75. The Labute approximate surface area is 109 Å². The van der Waals surface area contributed by atoms with Crippen LogP contribution in [0.1, 0.15) is 24.8 Å². The number of ether oxygens (including phenoxy) is 1. The number of aryl methyl sites for hydroxylation is 2. The number of aromatic nitrogens is 2. The lowest BCUT2D eigenvalue weighted by molar-refractivity contribution is 0.170. The van der Waals surface area contributed by atoms with Crippen LogP contribution in [-0.2, 0) is 11.3 Å². The molecule has 0 saturated carbocycles. The molecule has 0 aliphatic rings. The van der Waals surface area contributed by atoms with Gasteiger partial charge in [0.2, 0.25) is 0 Å². The van der Waals surface area contributed by atoms with Gasteiger partial charge in [0, 0.05) is 29.9 Å². The fraction of sp³-hybridized carbons (Fsp3) is 0.545. The van der Waals surface area contributed by atoms with Gasteiger partial charge in [-0.05, 0) is 26.2 Å². The van der Waals surface area contributed by atoms with E-state index in [9.17, 15) is 14.4 Å². The van der Waals surface area contributed by atoms with E-state index in [1.54, 1.807) is 13.1 Å². The van der Waals surface area contributed by atoms with Gasteiger partial charge in [0.25, 0.3) is 5.56 Å². The average molecular weight is 275 g/mol. The number of hydrogen-bond acceptors (Lipinski definition) is 4. The van der Waals surface area contributed by atoms with E-state index < -0.39 is 11.1 Å². The predicted molar refractivity (Wildman–Crippen MR) is 67.1 cm³/mol. The molecule has 0 fully saturated rings. The maximum absolute atomic E-state index is 11.4. The minimum absolute atomic E-state index is 0.280. The molecule has 1 aromatic heterocycles. The lowest BCUT2D eigenvalue weighted by Crippen LogP contribution is -2.30. The predicted octanol–water partition coefficient (Wildman–Crippen LogP) is 1.39. The Balaban J connectivity index is 2.36. The van der Waals surface area contributed by atoms with Crippen molar-refractivity contribution in [2.45, 2.75) is 32.7 Å². The Morgan fingerprint density at radius 3 is 2.78 bits per heavy atom. The van der Waals surface area contributed by atoms with Gasteiger partial charge in [0.1, 0.15) is 0 Å². The molecule has 0 bridgehead atoms. The summed E-state index contributed by atoms with van der Waals surface area (Å²) in [5.41, 5.74) is -1.06. The molecule has 0 aromatic carbocycles. The molecule has 0 spiro atoms. The fourth-order valence-electron chi connectivity index (χ4n) is 1.50. The molecule has 100 valence electrons. The van der Waals surface area contributed by atoms with Crippen molar-refractivity contribution < 1.29 is 9.53 Å². The van der Waals surface area contributed by atoms with E-state index in [0.29, 0.717) is 18.5 Å². The zero-order valence-electron chi connectivity index (χ0n) is 10.1. The summed E-state index contributed by atoms with van der Waals surface area (Å²) < 4.78 is 6.03. The second-order valence-electron chi connectivity index (χ2n) is 3.91. The second kappa shape index (κ2) is 7.00. The maximum atomic E-state index is 11.4. The molecule has 0 radical (unpaired) electrons. The van der Waals surface area contributed by atoms with Gasteiger partial charge in [-0.2, -0.15) is 0 Å². The van der Waals surface area contributed by atoms with Gasteiger partial charge in [-0.1, -0.05) is 0 Å². The molecule has 7 heteroatoms. The summed E-state index contributed by atoms with van der Waals surface area (Å²) in [5.74, 6) is 0. The highest BCUT2D eigenvalue weighted by Gasteiger charge is 2.01. The molecule has 0 unspecified atom stereocenters. The minimum Gasteiger partial charge on any atom is -0.454 e. The van der Waals surface area contributed by atoms with Crippen molar-refractivity contribution in [2.24, 2.45) is 0 Å². The monoisotopic (exact) mass is 274 g/mol. The van der Waals surface area contributed by atoms with E-state index in [1.165, 1.54) is 4.57 Å². The summed E-state index contributed by atoms with van der Waals surface area (Å²) in [4.78, 5) is 35.1. The lowest BCUT2D eigenvalue weighted by Gasteiger charge is -2.05. The number of rotatable bonds is 6. The van der Waals surface area contributed by atoms with Crippen LogP contribution < -0.4 is 11.2 Å². The van der Waals surface area contributed by atoms with Gasteiger partial charge in [0.05, 0.1) is 6.61 Å². The van der Waals surface area contributed by atoms with E-state index in [-0.39, 0.29) is 12.2 Å². The molecule has 0 aliphatic heterocycles. The van der Waals surface area contributed by atoms with Crippen LogP contribution in [0.3, 0.4) is 0 Å².